The molecule has 0 aromatic heterocycles. The third kappa shape index (κ3) is 13.2. The van der Waals surface area contributed by atoms with Crippen LogP contribution in [0.3, 0.4) is 0 Å². The van der Waals surface area contributed by atoms with Gasteiger partial charge in [-0.15, -0.1) is 0 Å². The summed E-state index contributed by atoms with van der Waals surface area (Å²) in [7, 11) is 0. The highest BCUT2D eigenvalue weighted by atomic mass is 14.1. The summed E-state index contributed by atoms with van der Waals surface area (Å²) < 4.78 is 0. The summed E-state index contributed by atoms with van der Waals surface area (Å²) in [6.45, 7) is 22.4. The first kappa shape index (κ1) is 52.8. The van der Waals surface area contributed by atoms with Gasteiger partial charge in [0.2, 0.25) is 0 Å². The molecule has 0 radical (unpaired) electrons. The van der Waals surface area contributed by atoms with E-state index in [4.69, 9.17) is 0 Å². The van der Waals surface area contributed by atoms with Crippen LogP contribution in [-0.2, 0) is 6.42 Å². The lowest BCUT2D eigenvalue weighted by Gasteiger charge is -2.11. The number of fused-ring (bicyclic) bond motifs is 8. The minimum atomic E-state index is 0.569. The van der Waals surface area contributed by atoms with Crippen molar-refractivity contribution in [2.45, 2.75) is 99.3 Å². The molecule has 0 atom stereocenters. The highest BCUT2D eigenvalue weighted by Crippen LogP contribution is 2.31. The minimum Gasteiger partial charge on any atom is -0.0625 e. The van der Waals surface area contributed by atoms with Crippen LogP contribution in [0.1, 0.15) is 121 Å². The molecule has 0 spiro atoms. The zero-order valence-electron chi connectivity index (χ0n) is 45.6. The second-order valence-corrected chi connectivity index (χ2v) is 21.6. The molecule has 0 aliphatic heterocycles. The standard InChI is InChI=1S/2C17H16.C14H16.2C13H14/c1-12(2)16-9-5-8-15-10-13-6-3-4-7-14(13)11-17(15)16;1-12(2)14-9-10-17-15(11-14)8-7-13-5-3-4-6-16(13)17;1-11(2)10-13-8-5-7-12-6-3-4-9-14(12)13;1-10(2)12-9-5-7-11-6-3-4-8-13(11)12;1-10(2)12-8-7-11-5-3-4-6-13(11)9-12/h2*3-12H,1-2H3;3-9,11H,10H2,1-2H3;2*3-10H,1-2H3. The van der Waals surface area contributed by atoms with Gasteiger partial charge < -0.3 is 0 Å². The molecular formula is C74H76. The Morgan fingerprint density at radius 3 is 1.18 bits per heavy atom. The summed E-state index contributed by atoms with van der Waals surface area (Å²) in [5.41, 5.74) is 7.18. The zero-order chi connectivity index (χ0) is 52.1. The normalized spacial score (nSPS) is 11.2. The van der Waals surface area contributed by atoms with E-state index in [9.17, 15) is 0 Å². The number of hydrogen-bond donors (Lipinski definition) is 0. The van der Waals surface area contributed by atoms with Crippen LogP contribution in [0.25, 0.3) is 75.4 Å². The van der Waals surface area contributed by atoms with E-state index in [1.165, 1.54) is 110 Å². The van der Waals surface area contributed by atoms with E-state index in [1.807, 2.05) is 0 Å². The third-order valence-electron chi connectivity index (χ3n) is 14.2. The Hall–Kier alpha value is -7.54. The summed E-state index contributed by atoms with van der Waals surface area (Å²) in [4.78, 5) is 0. The highest BCUT2D eigenvalue weighted by molar-refractivity contribution is 6.07. The number of rotatable bonds is 6. The third-order valence-corrected chi connectivity index (χ3v) is 14.2. The lowest BCUT2D eigenvalue weighted by molar-refractivity contribution is 0.650. The summed E-state index contributed by atoms with van der Waals surface area (Å²) in [5.74, 6) is 3.10. The van der Waals surface area contributed by atoms with Gasteiger partial charge >= 0.3 is 0 Å². The maximum Gasteiger partial charge on any atom is -0.0105 e. The molecule has 0 N–H and O–H groups in total. The van der Waals surface area contributed by atoms with Crippen molar-refractivity contribution in [2.75, 3.05) is 0 Å². The van der Waals surface area contributed by atoms with Crippen LogP contribution >= 0.6 is 0 Å². The molecule has 0 heteroatoms. The Labute approximate surface area is 442 Å². The van der Waals surface area contributed by atoms with Crippen LogP contribution in [-0.4, -0.2) is 0 Å². The van der Waals surface area contributed by atoms with Crippen molar-refractivity contribution in [1.29, 1.82) is 0 Å². The van der Waals surface area contributed by atoms with E-state index in [1.54, 1.807) is 0 Å². The second kappa shape index (κ2) is 24.9. The van der Waals surface area contributed by atoms with E-state index in [-0.39, 0.29) is 0 Å². The molecule has 12 aromatic rings. The summed E-state index contributed by atoms with van der Waals surface area (Å²) in [6.07, 6.45) is 1.17. The molecule has 0 bridgehead atoms. The first-order valence-electron chi connectivity index (χ1n) is 27.1. The molecule has 0 aliphatic rings. The molecule has 0 unspecified atom stereocenters. The molecule has 0 amide bonds. The molecule has 0 fully saturated rings. The maximum absolute atomic E-state index is 2.32. The van der Waals surface area contributed by atoms with Crippen LogP contribution < -0.4 is 0 Å². The van der Waals surface area contributed by atoms with Crippen molar-refractivity contribution in [3.63, 3.8) is 0 Å². The van der Waals surface area contributed by atoms with Gasteiger partial charge in [0.25, 0.3) is 0 Å². The van der Waals surface area contributed by atoms with E-state index in [2.05, 4.69) is 306 Å². The van der Waals surface area contributed by atoms with Crippen molar-refractivity contribution < 1.29 is 0 Å². The summed E-state index contributed by atoms with van der Waals surface area (Å²) in [6, 6.07) is 85.0. The second-order valence-electron chi connectivity index (χ2n) is 21.6. The zero-order valence-corrected chi connectivity index (χ0v) is 45.6. The Kier molecular flexibility index (Phi) is 17.8. The van der Waals surface area contributed by atoms with Gasteiger partial charge in [-0.2, -0.15) is 0 Å². The fourth-order valence-corrected chi connectivity index (χ4v) is 10.1. The average molecular weight is 965 g/mol. The largest absolute Gasteiger partial charge is 0.0625 e. The quantitative estimate of drug-likeness (QED) is 0.115. The molecule has 74 heavy (non-hydrogen) atoms. The van der Waals surface area contributed by atoms with Crippen molar-refractivity contribution in [3.8, 4) is 0 Å². The maximum atomic E-state index is 2.32. The first-order chi connectivity index (χ1) is 35.8. The molecule has 0 heterocycles. The van der Waals surface area contributed by atoms with Gasteiger partial charge in [-0.3, -0.25) is 0 Å². The lowest BCUT2D eigenvalue weighted by atomic mass is 9.94. The van der Waals surface area contributed by atoms with Gasteiger partial charge in [0.15, 0.2) is 0 Å². The van der Waals surface area contributed by atoms with Crippen molar-refractivity contribution in [3.05, 3.63) is 264 Å². The molecule has 0 saturated heterocycles. The van der Waals surface area contributed by atoms with E-state index in [0.717, 1.165) is 5.92 Å². The topological polar surface area (TPSA) is 0 Å². The molecule has 372 valence electrons. The Bertz CT molecular complexity index is 3730. The Balaban J connectivity index is 0.000000124. The fraction of sp³-hybridized carbons (Fsp3) is 0.216. The minimum absolute atomic E-state index is 0.569. The van der Waals surface area contributed by atoms with Crippen molar-refractivity contribution >= 4 is 75.4 Å². The molecule has 12 aromatic carbocycles. The van der Waals surface area contributed by atoms with Crippen LogP contribution in [0.15, 0.2) is 237 Å². The van der Waals surface area contributed by atoms with Gasteiger partial charge in [0, 0.05) is 0 Å². The van der Waals surface area contributed by atoms with Crippen molar-refractivity contribution in [2.24, 2.45) is 5.92 Å². The fourth-order valence-electron chi connectivity index (χ4n) is 10.1. The molecule has 0 saturated carbocycles. The Morgan fingerprint density at radius 1 is 0.230 bits per heavy atom. The predicted molar refractivity (Wildman–Crippen MR) is 330 cm³/mol. The predicted octanol–water partition coefficient (Wildman–Crippen LogP) is 22.2. The summed E-state index contributed by atoms with van der Waals surface area (Å²) >= 11 is 0. The van der Waals surface area contributed by atoms with Crippen LogP contribution in [0.2, 0.25) is 0 Å². The Morgan fingerprint density at radius 2 is 0.595 bits per heavy atom. The van der Waals surface area contributed by atoms with Crippen LogP contribution in [0.5, 0.6) is 0 Å². The van der Waals surface area contributed by atoms with Crippen molar-refractivity contribution in [1.82, 2.24) is 0 Å². The lowest BCUT2D eigenvalue weighted by Crippen LogP contribution is -1.94. The number of hydrogen-bond acceptors (Lipinski definition) is 0. The molecular weight excluding hydrogens is 889 g/mol. The molecule has 0 aliphatic carbocycles. The average Bonchev–Trinajstić information content (AvgIpc) is 3.42. The molecule has 0 nitrogen and oxygen atoms in total. The van der Waals surface area contributed by atoms with E-state index >= 15 is 0 Å². The monoisotopic (exact) mass is 965 g/mol. The van der Waals surface area contributed by atoms with Crippen LogP contribution in [0.4, 0.5) is 0 Å². The smallest absolute Gasteiger partial charge is 0.0105 e. The van der Waals surface area contributed by atoms with E-state index in [0.29, 0.717) is 23.7 Å². The van der Waals surface area contributed by atoms with Gasteiger partial charge in [0.05, 0.1) is 0 Å². The van der Waals surface area contributed by atoms with Gasteiger partial charge in [0.1, 0.15) is 0 Å². The SMILES string of the molecule is CC(C)Cc1cccc2ccccc12.CC(C)c1ccc2c(ccc3ccccc32)c1.CC(C)c1ccc2ccccc2c1.CC(C)c1cccc2cc3ccccc3cc12.CC(C)c1cccc2ccccc12. The van der Waals surface area contributed by atoms with Gasteiger partial charge in [-0.1, -0.05) is 294 Å². The number of benzene rings is 12. The first-order valence-corrected chi connectivity index (χ1v) is 27.1. The van der Waals surface area contributed by atoms with Crippen LogP contribution in [0, 0.1) is 5.92 Å². The molecule has 12 rings (SSSR count). The summed E-state index contributed by atoms with van der Waals surface area (Å²) in [5, 5.41) is 18.9. The van der Waals surface area contributed by atoms with Gasteiger partial charge in [-0.05, 0) is 151 Å². The van der Waals surface area contributed by atoms with E-state index < -0.39 is 0 Å². The highest BCUT2D eigenvalue weighted by Gasteiger charge is 2.08. The van der Waals surface area contributed by atoms with Gasteiger partial charge in [-0.25, -0.2) is 0 Å².